The molecule has 3 aliphatic rings. The van der Waals surface area contributed by atoms with E-state index >= 15 is 0 Å². The van der Waals surface area contributed by atoms with Crippen molar-refractivity contribution in [2.45, 2.75) is 51.1 Å². The fourth-order valence-corrected chi connectivity index (χ4v) is 6.21. The molecule has 6 N–H and O–H groups in total. The van der Waals surface area contributed by atoms with Crippen molar-refractivity contribution < 1.29 is 4.79 Å². The maximum atomic E-state index is 13.4. The van der Waals surface area contributed by atoms with Gasteiger partial charge in [-0.05, 0) is 49.8 Å². The predicted molar refractivity (Wildman–Crippen MR) is 119 cm³/mol. The number of carbonyl (C=O) groups is 1. The van der Waals surface area contributed by atoms with E-state index < -0.39 is 0 Å². The number of nitrogens with one attached hydrogen (secondary N) is 2. The second kappa shape index (κ2) is 8.34. The third kappa shape index (κ3) is 3.63. The normalized spacial score (nSPS) is 28.9. The largest absolute Gasteiger partial charge is 0.384 e. The second-order valence-electron chi connectivity index (χ2n) is 8.27. The molecule has 4 rings (SSSR count). The maximum Gasteiger partial charge on any atom is 0.255 e. The van der Waals surface area contributed by atoms with Crippen LogP contribution in [-0.2, 0) is 0 Å². The molecule has 6 nitrogen and oxygen atoms in total. The number of nitrogens with two attached hydrogens (primary N) is 2. The van der Waals surface area contributed by atoms with E-state index in [-0.39, 0.29) is 11.3 Å². The fourth-order valence-electron chi connectivity index (χ4n) is 5.30. The van der Waals surface area contributed by atoms with E-state index in [1.54, 1.807) is 17.5 Å². The maximum absolute atomic E-state index is 13.4. The molecule has 4 heterocycles. The Morgan fingerprint density at radius 3 is 2.76 bits per heavy atom. The summed E-state index contributed by atoms with van der Waals surface area (Å²) in [7, 11) is 0. The fraction of sp³-hybridized carbons (Fsp3) is 0.500. The van der Waals surface area contributed by atoms with Gasteiger partial charge >= 0.3 is 0 Å². The average Bonchev–Trinajstić information content (AvgIpc) is 3.35. The average molecular weight is 414 g/mol. The molecule has 0 spiro atoms. The smallest absolute Gasteiger partial charge is 0.255 e. The van der Waals surface area contributed by atoms with Crippen molar-refractivity contribution in [1.82, 2.24) is 15.6 Å². The molecule has 2 unspecified atom stereocenters. The van der Waals surface area contributed by atoms with E-state index in [0.29, 0.717) is 18.6 Å². The van der Waals surface area contributed by atoms with Crippen molar-refractivity contribution in [3.8, 4) is 0 Å². The number of piperidine rings is 1. The Labute approximate surface area is 176 Å². The lowest BCUT2D eigenvalue weighted by Crippen LogP contribution is -2.52. The first kappa shape index (κ1) is 20.2. The van der Waals surface area contributed by atoms with Gasteiger partial charge in [0.25, 0.3) is 5.91 Å². The molecule has 2 atom stereocenters. The molecular weight excluding hydrogens is 382 g/mol. The van der Waals surface area contributed by atoms with Gasteiger partial charge in [0.05, 0.1) is 5.56 Å². The zero-order valence-corrected chi connectivity index (χ0v) is 17.8. The molecule has 2 bridgehead atoms. The van der Waals surface area contributed by atoms with Gasteiger partial charge < -0.3 is 21.4 Å². The van der Waals surface area contributed by atoms with Crippen LogP contribution >= 0.6 is 11.3 Å². The van der Waals surface area contributed by atoms with Crippen molar-refractivity contribution in [2.75, 3.05) is 13.1 Å². The zero-order chi connectivity index (χ0) is 20.4. The Morgan fingerprint density at radius 2 is 2.17 bits per heavy atom. The van der Waals surface area contributed by atoms with E-state index in [1.165, 1.54) is 5.70 Å². The Hall–Kier alpha value is -2.09. The Kier molecular flexibility index (Phi) is 5.81. The highest BCUT2D eigenvalue weighted by Gasteiger charge is 2.50. The number of hydrogen-bond acceptors (Lipinski definition) is 6. The lowest BCUT2D eigenvalue weighted by molar-refractivity contribution is 0.0375. The molecule has 7 heteroatoms. The molecule has 1 amide bonds. The summed E-state index contributed by atoms with van der Waals surface area (Å²) in [6.07, 6.45) is 13.6. The lowest BCUT2D eigenvalue weighted by Gasteiger charge is -2.48. The van der Waals surface area contributed by atoms with Crippen molar-refractivity contribution in [2.24, 2.45) is 17.0 Å². The first-order valence-corrected chi connectivity index (χ1v) is 11.4. The van der Waals surface area contributed by atoms with Crippen LogP contribution in [-0.4, -0.2) is 36.0 Å². The van der Waals surface area contributed by atoms with Gasteiger partial charge in [0.15, 0.2) is 0 Å². The molecule has 1 aromatic rings. The molecule has 3 aliphatic heterocycles. The van der Waals surface area contributed by atoms with Gasteiger partial charge in [0, 0.05) is 52.7 Å². The van der Waals surface area contributed by atoms with Crippen LogP contribution in [0.1, 0.15) is 54.3 Å². The van der Waals surface area contributed by atoms with Crippen LogP contribution < -0.4 is 22.3 Å². The van der Waals surface area contributed by atoms with Crippen LogP contribution in [0.5, 0.6) is 0 Å². The summed E-state index contributed by atoms with van der Waals surface area (Å²) < 4.78 is 0. The molecule has 156 valence electrons. The number of thiophene rings is 1. The number of carbonyl (C=O) groups excluding carboxylic acids is 1. The highest BCUT2D eigenvalue weighted by Crippen LogP contribution is 2.51. The third-order valence-corrected chi connectivity index (χ3v) is 7.81. The van der Waals surface area contributed by atoms with Crippen LogP contribution in [0.25, 0.3) is 5.57 Å². The minimum absolute atomic E-state index is 0.160. The van der Waals surface area contributed by atoms with Gasteiger partial charge in [0.2, 0.25) is 0 Å². The summed E-state index contributed by atoms with van der Waals surface area (Å²) in [5, 5.41) is 5.55. The van der Waals surface area contributed by atoms with E-state index in [9.17, 15) is 4.79 Å². The minimum atomic E-state index is 0.160. The summed E-state index contributed by atoms with van der Waals surface area (Å²) in [6.45, 7) is 3.57. The molecule has 0 aromatic carbocycles. The van der Waals surface area contributed by atoms with E-state index in [1.807, 2.05) is 11.4 Å². The van der Waals surface area contributed by atoms with E-state index in [0.717, 1.165) is 54.7 Å². The molecule has 2 fully saturated rings. The highest BCUT2D eigenvalue weighted by atomic mass is 32.1. The Morgan fingerprint density at radius 1 is 1.41 bits per heavy atom. The number of amides is 1. The van der Waals surface area contributed by atoms with E-state index in [2.05, 4.69) is 40.8 Å². The van der Waals surface area contributed by atoms with Gasteiger partial charge in [-0.25, -0.2) is 0 Å². The highest BCUT2D eigenvalue weighted by molar-refractivity contribution is 7.11. The third-order valence-electron chi connectivity index (χ3n) is 6.80. The number of allylic oxidation sites excluding steroid dienone is 3. The number of nitrogens with zero attached hydrogens (tertiary/aromatic N) is 1. The molecule has 2 saturated heterocycles. The van der Waals surface area contributed by atoms with Crippen LogP contribution in [0.2, 0.25) is 0 Å². The molecular formula is C22H31N5OS. The standard InChI is InChI=1S/C22H31N5OS/c1-2-22(20-5-3-4-8-25-20)10-17-6-7-18(11-22)27(17)21(28)15-9-19(29-14-15)16(12-23)13-26-24/h3-5,9,13-14,17-18,25-26H,2,6-8,10-12,23-24H2,1H3/b16-13+. The van der Waals surface area contributed by atoms with Gasteiger partial charge in [0.1, 0.15) is 0 Å². The summed E-state index contributed by atoms with van der Waals surface area (Å²) >= 11 is 1.55. The molecule has 0 saturated carbocycles. The summed E-state index contributed by atoms with van der Waals surface area (Å²) in [5.74, 6) is 5.56. The first-order valence-electron chi connectivity index (χ1n) is 10.5. The van der Waals surface area contributed by atoms with Crippen LogP contribution in [0.4, 0.5) is 0 Å². The number of rotatable bonds is 6. The van der Waals surface area contributed by atoms with Crippen molar-refractivity contribution in [3.05, 3.63) is 52.0 Å². The Balaban J connectivity index is 1.55. The second-order valence-corrected chi connectivity index (χ2v) is 9.18. The summed E-state index contributed by atoms with van der Waals surface area (Å²) in [6, 6.07) is 2.59. The predicted octanol–water partition coefficient (Wildman–Crippen LogP) is 2.72. The number of fused-ring (bicyclic) bond motifs is 2. The van der Waals surface area contributed by atoms with Gasteiger partial charge in [-0.15, -0.1) is 11.3 Å². The van der Waals surface area contributed by atoms with Gasteiger partial charge in [-0.3, -0.25) is 10.6 Å². The first-order chi connectivity index (χ1) is 14.1. The van der Waals surface area contributed by atoms with Crippen molar-refractivity contribution in [1.29, 1.82) is 0 Å². The van der Waals surface area contributed by atoms with Crippen LogP contribution in [0.15, 0.2) is 41.6 Å². The summed E-state index contributed by atoms with van der Waals surface area (Å²) in [5.41, 5.74) is 11.6. The lowest BCUT2D eigenvalue weighted by atomic mass is 9.70. The minimum Gasteiger partial charge on any atom is -0.384 e. The number of dihydropyridines is 1. The topological polar surface area (TPSA) is 96.4 Å². The molecule has 29 heavy (non-hydrogen) atoms. The number of hydrazine groups is 1. The molecule has 0 aliphatic carbocycles. The Bertz CT molecular complexity index is 841. The van der Waals surface area contributed by atoms with Gasteiger partial charge in [-0.2, -0.15) is 0 Å². The van der Waals surface area contributed by atoms with Gasteiger partial charge in [-0.1, -0.05) is 19.1 Å². The van der Waals surface area contributed by atoms with Crippen molar-refractivity contribution in [3.63, 3.8) is 0 Å². The number of hydrogen-bond donors (Lipinski definition) is 4. The molecule has 1 aromatic heterocycles. The zero-order valence-electron chi connectivity index (χ0n) is 17.0. The quantitative estimate of drug-likeness (QED) is 0.425. The van der Waals surface area contributed by atoms with Crippen LogP contribution in [0, 0.1) is 5.41 Å². The van der Waals surface area contributed by atoms with Crippen molar-refractivity contribution >= 4 is 22.8 Å². The SMILES string of the molecule is CCC1(C2=CC=CCN2)CC2CCC(C1)N2C(=O)c1csc(/C(=C/NN)CN)c1. The van der Waals surface area contributed by atoms with Crippen LogP contribution in [0.3, 0.4) is 0 Å². The monoisotopic (exact) mass is 413 g/mol. The molecule has 0 radical (unpaired) electrons. The summed E-state index contributed by atoms with van der Waals surface area (Å²) in [4.78, 5) is 16.6. The van der Waals surface area contributed by atoms with E-state index in [4.69, 9.17) is 11.6 Å².